The van der Waals surface area contributed by atoms with Crippen LogP contribution in [0.1, 0.15) is 271 Å². The van der Waals surface area contributed by atoms with Gasteiger partial charge in [-0.1, -0.05) is 248 Å². The minimum atomic E-state index is -4.61. The number of nitrogens with zero attached hydrogens (tertiary/aromatic N) is 1. The van der Waals surface area contributed by atoms with E-state index < -0.39 is 26.6 Å². The van der Waals surface area contributed by atoms with Gasteiger partial charge in [-0.3, -0.25) is 9.36 Å². The molecule has 1 amide bonds. The van der Waals surface area contributed by atoms with Crippen molar-refractivity contribution in [2.24, 2.45) is 0 Å². The summed E-state index contributed by atoms with van der Waals surface area (Å²) in [6.45, 7) is 4.63. The van der Waals surface area contributed by atoms with Gasteiger partial charge in [-0.15, -0.1) is 0 Å². The second kappa shape index (κ2) is 52.1. The molecule has 8 nitrogen and oxygen atoms in total. The first-order valence-corrected chi connectivity index (χ1v) is 31.1. The summed E-state index contributed by atoms with van der Waals surface area (Å²) in [5, 5.41) is 13.8. The van der Waals surface area contributed by atoms with Crippen LogP contribution in [0.25, 0.3) is 0 Å². The third-order valence-corrected chi connectivity index (χ3v) is 14.1. The van der Waals surface area contributed by atoms with Crippen LogP contribution in [0.4, 0.5) is 0 Å². The lowest BCUT2D eigenvalue weighted by molar-refractivity contribution is -0.870. The maximum absolute atomic E-state index is 13.0. The minimum Gasteiger partial charge on any atom is -0.756 e. The summed E-state index contributed by atoms with van der Waals surface area (Å²) in [7, 11) is 1.24. The Labute approximate surface area is 434 Å². The maximum atomic E-state index is 13.0. The van der Waals surface area contributed by atoms with Gasteiger partial charge in [0.15, 0.2) is 0 Å². The number of rotatable bonds is 54. The van der Waals surface area contributed by atoms with Crippen LogP contribution in [-0.4, -0.2) is 68.5 Å². The number of hydrogen-bond donors (Lipinski definition) is 2. The van der Waals surface area contributed by atoms with Gasteiger partial charge >= 0.3 is 0 Å². The second-order valence-electron chi connectivity index (χ2n) is 21.3. The van der Waals surface area contributed by atoms with E-state index in [0.717, 1.165) is 51.4 Å². The van der Waals surface area contributed by atoms with E-state index in [4.69, 9.17) is 9.05 Å². The normalized spacial score (nSPS) is 14.3. The molecule has 70 heavy (non-hydrogen) atoms. The highest BCUT2D eigenvalue weighted by molar-refractivity contribution is 7.45. The number of aliphatic hydroxyl groups excluding tert-OH is 1. The summed E-state index contributed by atoms with van der Waals surface area (Å²) < 4.78 is 23.3. The van der Waals surface area contributed by atoms with E-state index in [1.165, 1.54) is 199 Å². The molecule has 0 aromatic rings. The SMILES string of the molecule is CCCCCCCCC/C=C/CC/C=C/CC/C=C/C(O)C(COP(=O)([O-])OCC[N+](C)(C)C)NC(=O)CCCCCCCCCCCCCCCCC/C=C\C/C=C\CCCCCCCCCCC. The Balaban J connectivity index is 4.15. The van der Waals surface area contributed by atoms with Crippen molar-refractivity contribution in [2.75, 3.05) is 40.9 Å². The first kappa shape index (κ1) is 68.2. The highest BCUT2D eigenvalue weighted by Gasteiger charge is 2.23. The van der Waals surface area contributed by atoms with E-state index in [-0.39, 0.29) is 12.5 Å². The number of unbranched alkanes of at least 4 members (excludes halogenated alkanes) is 33. The summed E-state index contributed by atoms with van der Waals surface area (Å²) in [5.41, 5.74) is 0. The molecular weight excluding hydrogens is 888 g/mol. The number of allylic oxidation sites excluding steroid dienone is 9. The molecule has 0 fully saturated rings. The second-order valence-corrected chi connectivity index (χ2v) is 22.7. The van der Waals surface area contributed by atoms with Crippen molar-refractivity contribution in [3.05, 3.63) is 60.8 Å². The number of hydrogen-bond acceptors (Lipinski definition) is 6. The third-order valence-electron chi connectivity index (χ3n) is 13.2. The molecular formula is C61H115N2O6P. The van der Waals surface area contributed by atoms with Crippen LogP contribution in [0.2, 0.25) is 0 Å². The van der Waals surface area contributed by atoms with Gasteiger partial charge in [0.2, 0.25) is 5.91 Å². The van der Waals surface area contributed by atoms with Gasteiger partial charge in [0.05, 0.1) is 39.9 Å². The van der Waals surface area contributed by atoms with Gasteiger partial charge in [0.25, 0.3) is 7.82 Å². The molecule has 0 aromatic carbocycles. The molecule has 9 heteroatoms. The molecule has 0 aromatic heterocycles. The smallest absolute Gasteiger partial charge is 0.268 e. The fraction of sp³-hybridized carbons (Fsp3) is 0.820. The number of carbonyl (C=O) groups excluding carboxylic acids is 1. The van der Waals surface area contributed by atoms with Gasteiger partial charge in [-0.05, 0) is 77.0 Å². The zero-order valence-electron chi connectivity index (χ0n) is 46.7. The van der Waals surface area contributed by atoms with E-state index >= 15 is 0 Å². The Morgan fingerprint density at radius 1 is 0.500 bits per heavy atom. The molecule has 2 N–H and O–H groups in total. The number of quaternary nitrogens is 1. The van der Waals surface area contributed by atoms with Gasteiger partial charge < -0.3 is 28.8 Å². The van der Waals surface area contributed by atoms with Crippen molar-refractivity contribution >= 4 is 13.7 Å². The number of phosphoric ester groups is 1. The molecule has 3 atom stereocenters. The largest absolute Gasteiger partial charge is 0.756 e. The molecule has 0 aliphatic rings. The van der Waals surface area contributed by atoms with Crippen LogP contribution in [0.15, 0.2) is 60.8 Å². The predicted octanol–water partition coefficient (Wildman–Crippen LogP) is 17.5. The van der Waals surface area contributed by atoms with Crippen LogP contribution in [0, 0.1) is 0 Å². The average Bonchev–Trinajstić information content (AvgIpc) is 3.32. The Bertz CT molecular complexity index is 1320. The molecule has 0 aliphatic heterocycles. The molecule has 3 unspecified atom stereocenters. The zero-order valence-corrected chi connectivity index (χ0v) is 47.6. The Hall–Kier alpha value is -1.80. The van der Waals surface area contributed by atoms with Gasteiger partial charge in [0, 0.05) is 6.42 Å². The van der Waals surface area contributed by atoms with Gasteiger partial charge in [0.1, 0.15) is 13.2 Å². The molecule has 0 bridgehead atoms. The lowest BCUT2D eigenvalue weighted by atomic mass is 10.0. The van der Waals surface area contributed by atoms with E-state index in [0.29, 0.717) is 17.4 Å². The quantitative estimate of drug-likeness (QED) is 0.0272. The summed E-state index contributed by atoms with van der Waals surface area (Å²) >= 11 is 0. The number of aliphatic hydroxyl groups is 1. The highest BCUT2D eigenvalue weighted by atomic mass is 31.2. The Morgan fingerprint density at radius 2 is 0.843 bits per heavy atom. The summed E-state index contributed by atoms with van der Waals surface area (Å²) in [6, 6.07) is -0.911. The lowest BCUT2D eigenvalue weighted by Crippen LogP contribution is -2.45. The van der Waals surface area contributed by atoms with Crippen LogP contribution < -0.4 is 10.2 Å². The van der Waals surface area contributed by atoms with Gasteiger partial charge in [-0.2, -0.15) is 0 Å². The zero-order chi connectivity index (χ0) is 51.3. The Kier molecular flexibility index (Phi) is 50.7. The molecule has 410 valence electrons. The van der Waals surface area contributed by atoms with Crippen molar-refractivity contribution in [1.82, 2.24) is 5.32 Å². The van der Waals surface area contributed by atoms with Crippen molar-refractivity contribution in [2.45, 2.75) is 283 Å². The third kappa shape index (κ3) is 54.0. The minimum absolute atomic E-state index is 0.01000. The monoisotopic (exact) mass is 1000 g/mol. The van der Waals surface area contributed by atoms with Crippen LogP contribution in [0.5, 0.6) is 0 Å². The molecule has 0 saturated heterocycles. The molecule has 0 saturated carbocycles. The lowest BCUT2D eigenvalue weighted by Gasteiger charge is -2.29. The van der Waals surface area contributed by atoms with Crippen molar-refractivity contribution in [3.8, 4) is 0 Å². The van der Waals surface area contributed by atoms with Crippen molar-refractivity contribution < 1.29 is 32.9 Å². The number of likely N-dealkylation sites (N-methyl/N-ethyl adjacent to an activating group) is 1. The van der Waals surface area contributed by atoms with E-state index in [1.807, 2.05) is 27.2 Å². The molecule has 0 heterocycles. The molecule has 0 spiro atoms. The van der Waals surface area contributed by atoms with E-state index in [2.05, 4.69) is 67.8 Å². The average molecular weight is 1000 g/mol. The van der Waals surface area contributed by atoms with E-state index in [9.17, 15) is 19.4 Å². The summed E-state index contributed by atoms with van der Waals surface area (Å²) in [4.78, 5) is 25.5. The fourth-order valence-electron chi connectivity index (χ4n) is 8.51. The number of phosphoric acid groups is 1. The van der Waals surface area contributed by atoms with E-state index in [1.54, 1.807) is 6.08 Å². The number of carbonyl (C=O) groups is 1. The van der Waals surface area contributed by atoms with Crippen LogP contribution >= 0.6 is 7.82 Å². The molecule has 0 aliphatic carbocycles. The highest BCUT2D eigenvalue weighted by Crippen LogP contribution is 2.38. The molecule has 0 rings (SSSR count). The number of nitrogens with one attached hydrogen (secondary N) is 1. The molecule has 0 radical (unpaired) electrons. The Morgan fingerprint density at radius 3 is 1.24 bits per heavy atom. The van der Waals surface area contributed by atoms with Gasteiger partial charge in [-0.25, -0.2) is 0 Å². The fourth-order valence-corrected chi connectivity index (χ4v) is 9.23. The van der Waals surface area contributed by atoms with Crippen LogP contribution in [-0.2, 0) is 18.4 Å². The van der Waals surface area contributed by atoms with Crippen molar-refractivity contribution in [1.29, 1.82) is 0 Å². The first-order chi connectivity index (χ1) is 34.0. The first-order valence-electron chi connectivity index (χ1n) is 29.7. The topological polar surface area (TPSA) is 108 Å². The summed E-state index contributed by atoms with van der Waals surface area (Å²) in [5.74, 6) is -0.211. The van der Waals surface area contributed by atoms with Crippen molar-refractivity contribution in [3.63, 3.8) is 0 Å². The standard InChI is InChI=1S/C61H115N2O6P/c1-6-8-10-12-14-16-18-20-22-24-25-26-27-28-29-30-31-32-33-34-35-36-37-39-41-43-45-47-49-51-53-55-61(65)62-59(58-69-70(66,67)68-57-56-63(3,4)5)60(64)54-52-50-48-46-44-42-40-38-23-21-19-17-15-13-11-9-7-2/h23,25-26,28-29,38,44,46,52,54,59-60,64H,6-22,24,27,30-37,39-43,45,47-51,53,55-58H2,1-5H3,(H-,62,65,66,67)/b26-25-,29-28-,38-23+,46-44+,54-52+. The maximum Gasteiger partial charge on any atom is 0.268 e. The predicted molar refractivity (Wildman–Crippen MR) is 302 cm³/mol. The summed E-state index contributed by atoms with van der Waals surface area (Å²) in [6.07, 6.45) is 70.3. The number of amides is 1. The van der Waals surface area contributed by atoms with Crippen LogP contribution in [0.3, 0.4) is 0 Å².